The summed E-state index contributed by atoms with van der Waals surface area (Å²) in [4.78, 5) is 22.1. The van der Waals surface area contributed by atoms with Crippen LogP contribution in [0.15, 0.2) is 54.0 Å². The maximum atomic E-state index is 13.7. The van der Waals surface area contributed by atoms with Gasteiger partial charge in [0, 0.05) is 32.0 Å². The largest absolute Gasteiger partial charge is 0.458 e. The van der Waals surface area contributed by atoms with E-state index >= 15 is 0 Å². The predicted molar refractivity (Wildman–Crippen MR) is 137 cm³/mol. The fraction of sp³-hybridized carbons (Fsp3) is 0.542. The Bertz CT molecular complexity index is 1080. The molecule has 9 nitrogen and oxygen atoms in total. The lowest BCUT2D eigenvalue weighted by Crippen LogP contribution is -2.47. The number of esters is 1. The number of sulfonamides is 1. The zero-order valence-electron chi connectivity index (χ0n) is 21.3. The zero-order chi connectivity index (χ0) is 26.6. The number of nitrogens with zero attached hydrogens (tertiary/aromatic N) is 2. The van der Waals surface area contributed by atoms with Crippen LogP contribution in [0.1, 0.15) is 40.5 Å². The number of ether oxygens (including phenoxy) is 1. The van der Waals surface area contributed by atoms with Gasteiger partial charge in [-0.15, -0.1) is 6.58 Å². The van der Waals surface area contributed by atoms with E-state index in [0.717, 1.165) is 0 Å². The molecule has 0 saturated heterocycles. The van der Waals surface area contributed by atoms with Gasteiger partial charge in [-0.05, 0) is 36.7 Å². The van der Waals surface area contributed by atoms with Crippen molar-refractivity contribution < 1.29 is 27.3 Å². The van der Waals surface area contributed by atoms with Crippen molar-refractivity contribution in [2.45, 2.75) is 81.8 Å². The van der Waals surface area contributed by atoms with E-state index in [9.17, 15) is 23.3 Å². The summed E-state index contributed by atoms with van der Waals surface area (Å²) in [5.74, 6) is -0.445. The van der Waals surface area contributed by atoms with E-state index in [0.29, 0.717) is 12.8 Å². The van der Waals surface area contributed by atoms with E-state index in [2.05, 4.69) is 40.4 Å². The standard InChI is InChI=1S/C24H36N2O7SSi/c1-8-15-25(34(30,31)23-12-10-9-11-22(23)26(28)29)19-13-14-20(32-18(2)27)17-21(16-19)33-35(6,7)24(3,4)5/h8-14,19-21H,1,15-17H2,2-7H3/t19-,20-,21+/m1/s1. The van der Waals surface area contributed by atoms with Gasteiger partial charge in [0.1, 0.15) is 6.10 Å². The van der Waals surface area contributed by atoms with Crippen molar-refractivity contribution in [2.75, 3.05) is 6.54 Å². The van der Waals surface area contributed by atoms with Crippen molar-refractivity contribution in [3.63, 3.8) is 0 Å². The molecule has 0 saturated carbocycles. The highest BCUT2D eigenvalue weighted by atomic mass is 32.2. The van der Waals surface area contributed by atoms with Crippen LogP contribution in [0.25, 0.3) is 0 Å². The Morgan fingerprint density at radius 1 is 1.26 bits per heavy atom. The van der Waals surface area contributed by atoms with Gasteiger partial charge < -0.3 is 9.16 Å². The molecule has 0 fully saturated rings. The second kappa shape index (κ2) is 11.1. The van der Waals surface area contributed by atoms with Crippen LogP contribution in [0.3, 0.4) is 0 Å². The van der Waals surface area contributed by atoms with E-state index in [1.807, 2.05) is 0 Å². The highest BCUT2D eigenvalue weighted by Gasteiger charge is 2.42. The summed E-state index contributed by atoms with van der Waals surface area (Å²) >= 11 is 0. The summed E-state index contributed by atoms with van der Waals surface area (Å²) in [6, 6.07) is 4.59. The molecular weight excluding hydrogens is 488 g/mol. The molecule has 3 atom stereocenters. The number of nitro benzene ring substituents is 1. The first kappa shape index (κ1) is 28.9. The molecule has 1 aliphatic rings. The van der Waals surface area contributed by atoms with Gasteiger partial charge in [-0.25, -0.2) is 8.42 Å². The lowest BCUT2D eigenvalue weighted by atomic mass is 10.1. The maximum Gasteiger partial charge on any atom is 0.303 e. The summed E-state index contributed by atoms with van der Waals surface area (Å²) in [5, 5.41) is 11.5. The normalized spacial score (nSPS) is 21.4. The molecule has 1 aromatic rings. The highest BCUT2D eigenvalue weighted by Crippen LogP contribution is 2.39. The maximum absolute atomic E-state index is 13.7. The first-order valence-corrected chi connectivity index (χ1v) is 15.8. The molecule has 1 aliphatic carbocycles. The smallest absolute Gasteiger partial charge is 0.303 e. The number of hydrogen-bond donors (Lipinski definition) is 0. The van der Waals surface area contributed by atoms with Crippen LogP contribution < -0.4 is 0 Å². The molecular formula is C24H36N2O7SSi. The Labute approximate surface area is 209 Å². The third-order valence-electron chi connectivity index (χ3n) is 6.46. The van der Waals surface area contributed by atoms with Crippen molar-refractivity contribution in [3.8, 4) is 0 Å². The first-order valence-electron chi connectivity index (χ1n) is 11.5. The van der Waals surface area contributed by atoms with Gasteiger partial charge in [-0.3, -0.25) is 14.9 Å². The molecule has 0 bridgehead atoms. The summed E-state index contributed by atoms with van der Waals surface area (Å²) in [7, 11) is -6.52. The van der Waals surface area contributed by atoms with E-state index in [1.54, 1.807) is 12.2 Å². The van der Waals surface area contributed by atoms with Crippen LogP contribution in [0.5, 0.6) is 0 Å². The Morgan fingerprint density at radius 3 is 2.43 bits per heavy atom. The minimum Gasteiger partial charge on any atom is -0.458 e. The molecule has 2 rings (SSSR count). The van der Waals surface area contributed by atoms with E-state index in [4.69, 9.17) is 9.16 Å². The summed E-state index contributed by atoms with van der Waals surface area (Å²) < 4.78 is 40.6. The number of para-hydroxylation sites is 1. The van der Waals surface area contributed by atoms with Crippen LogP contribution in [0.4, 0.5) is 5.69 Å². The van der Waals surface area contributed by atoms with Gasteiger partial charge in [-0.2, -0.15) is 4.31 Å². The average Bonchev–Trinajstić information content (AvgIpc) is 2.91. The fourth-order valence-electron chi connectivity index (χ4n) is 3.73. The number of hydrogen-bond acceptors (Lipinski definition) is 7. The third-order valence-corrected chi connectivity index (χ3v) is 12.9. The van der Waals surface area contributed by atoms with Crippen molar-refractivity contribution in [3.05, 3.63) is 59.2 Å². The third kappa shape index (κ3) is 7.09. The summed E-state index contributed by atoms with van der Waals surface area (Å²) in [6.45, 7) is 15.5. The Kier molecular flexibility index (Phi) is 9.20. The van der Waals surface area contributed by atoms with E-state index < -0.39 is 53.2 Å². The zero-order valence-corrected chi connectivity index (χ0v) is 23.1. The minimum absolute atomic E-state index is 0.0611. The van der Waals surface area contributed by atoms with Gasteiger partial charge in [0.2, 0.25) is 0 Å². The number of carbonyl (C=O) groups is 1. The molecule has 0 unspecified atom stereocenters. The van der Waals surface area contributed by atoms with Crippen LogP contribution >= 0.6 is 0 Å². The van der Waals surface area contributed by atoms with E-state index in [-0.39, 0.29) is 16.5 Å². The lowest BCUT2D eigenvalue weighted by Gasteiger charge is -2.40. The Morgan fingerprint density at radius 2 is 1.89 bits per heavy atom. The second-order valence-corrected chi connectivity index (χ2v) is 16.8. The molecule has 11 heteroatoms. The van der Waals surface area contributed by atoms with Crippen LogP contribution in [0.2, 0.25) is 18.1 Å². The fourth-order valence-corrected chi connectivity index (χ4v) is 6.83. The number of rotatable bonds is 9. The molecule has 194 valence electrons. The van der Waals surface area contributed by atoms with Gasteiger partial charge in [0.05, 0.1) is 11.0 Å². The van der Waals surface area contributed by atoms with Crippen molar-refractivity contribution in [1.82, 2.24) is 4.31 Å². The topological polar surface area (TPSA) is 116 Å². The van der Waals surface area contributed by atoms with Crippen LogP contribution in [-0.2, 0) is 24.0 Å². The molecule has 1 aromatic carbocycles. The Balaban J connectivity index is 2.54. The van der Waals surface area contributed by atoms with E-state index in [1.165, 1.54) is 41.6 Å². The van der Waals surface area contributed by atoms with Crippen LogP contribution in [0, 0.1) is 10.1 Å². The van der Waals surface area contributed by atoms with Gasteiger partial charge >= 0.3 is 5.97 Å². The number of benzene rings is 1. The SMILES string of the molecule is C=CCN([C@@H]1C=C[C@@H](OC(C)=O)C[C@@H](O[Si](C)(C)C(C)(C)C)C1)S(=O)(=O)c1ccccc1[N+](=O)[O-]. The quantitative estimate of drug-likeness (QED) is 0.150. The minimum atomic E-state index is -4.27. The first-order chi connectivity index (χ1) is 16.1. The van der Waals surface area contributed by atoms with Crippen molar-refractivity contribution >= 4 is 30.0 Å². The lowest BCUT2D eigenvalue weighted by molar-refractivity contribution is -0.387. The molecule has 0 aliphatic heterocycles. The molecule has 0 amide bonds. The van der Waals surface area contributed by atoms with Gasteiger partial charge in [0.25, 0.3) is 15.7 Å². The second-order valence-electron chi connectivity index (χ2n) is 10.2. The molecule has 0 spiro atoms. The highest BCUT2D eigenvalue weighted by molar-refractivity contribution is 7.89. The van der Waals surface area contributed by atoms with Crippen molar-refractivity contribution in [2.24, 2.45) is 0 Å². The Hall–Kier alpha value is -2.34. The van der Waals surface area contributed by atoms with Gasteiger partial charge in [-0.1, -0.05) is 45.1 Å². The number of nitro groups is 1. The monoisotopic (exact) mass is 524 g/mol. The number of carbonyl (C=O) groups excluding carboxylic acids is 1. The predicted octanol–water partition coefficient (Wildman–Crippen LogP) is 4.81. The average molecular weight is 525 g/mol. The molecule has 0 aromatic heterocycles. The van der Waals surface area contributed by atoms with Crippen molar-refractivity contribution in [1.29, 1.82) is 0 Å². The summed E-state index contributed by atoms with van der Waals surface area (Å²) in [5.41, 5.74) is -0.494. The molecule has 35 heavy (non-hydrogen) atoms. The summed E-state index contributed by atoms with van der Waals surface area (Å²) in [6.07, 6.45) is 4.50. The molecule has 0 heterocycles. The molecule has 0 radical (unpaired) electrons. The van der Waals surface area contributed by atoms with Gasteiger partial charge in [0.15, 0.2) is 13.2 Å². The molecule has 0 N–H and O–H groups in total. The van der Waals surface area contributed by atoms with Crippen LogP contribution in [-0.4, -0.2) is 56.7 Å².